The number of benzene rings is 2. The van der Waals surface area contributed by atoms with E-state index in [1.54, 1.807) is 7.11 Å². The van der Waals surface area contributed by atoms with Gasteiger partial charge in [0.1, 0.15) is 5.75 Å². The van der Waals surface area contributed by atoms with Gasteiger partial charge in [0.2, 0.25) is 0 Å². The Hall–Kier alpha value is -2.54. The molecule has 0 spiro atoms. The molecule has 0 bridgehead atoms. The van der Waals surface area contributed by atoms with Gasteiger partial charge in [-0.25, -0.2) is 13.4 Å². The van der Waals surface area contributed by atoms with Crippen molar-refractivity contribution >= 4 is 15.8 Å². The van der Waals surface area contributed by atoms with E-state index in [-0.39, 0.29) is 5.75 Å². The van der Waals surface area contributed by atoms with Gasteiger partial charge in [-0.2, -0.15) is 0 Å². The van der Waals surface area contributed by atoms with Gasteiger partial charge in [-0.15, -0.1) is 0 Å². The highest BCUT2D eigenvalue weighted by molar-refractivity contribution is 7.89. The molecule has 0 amide bonds. The van der Waals surface area contributed by atoms with Gasteiger partial charge in [0.25, 0.3) is 0 Å². The Kier molecular flexibility index (Phi) is 7.67. The van der Waals surface area contributed by atoms with E-state index < -0.39 is 9.84 Å². The minimum Gasteiger partial charge on any atom is -0.497 e. The zero-order valence-corrected chi connectivity index (χ0v) is 16.8. The third-order valence-electron chi connectivity index (χ3n) is 3.81. The molecule has 0 aliphatic carbocycles. The largest absolute Gasteiger partial charge is 0.497 e. The van der Waals surface area contributed by atoms with Crippen molar-refractivity contribution in [3.63, 3.8) is 0 Å². The summed E-state index contributed by atoms with van der Waals surface area (Å²) >= 11 is 0. The highest BCUT2D eigenvalue weighted by Crippen LogP contribution is 2.13. The maximum atomic E-state index is 11.4. The van der Waals surface area contributed by atoms with Crippen molar-refractivity contribution in [3.05, 3.63) is 65.2 Å². The molecule has 0 fully saturated rings. The molecule has 7 heteroatoms. The van der Waals surface area contributed by atoms with Crippen molar-refractivity contribution in [2.24, 2.45) is 4.99 Å². The van der Waals surface area contributed by atoms with Crippen LogP contribution >= 0.6 is 0 Å². The van der Waals surface area contributed by atoms with Crippen molar-refractivity contribution in [1.82, 2.24) is 10.6 Å². The number of aliphatic imine (C=N–C) groups is 1. The summed E-state index contributed by atoms with van der Waals surface area (Å²) in [6.45, 7) is 3.92. The zero-order valence-electron chi connectivity index (χ0n) is 16.0. The van der Waals surface area contributed by atoms with Gasteiger partial charge in [-0.05, 0) is 35.7 Å². The fourth-order valence-corrected chi connectivity index (χ4v) is 3.32. The Balaban J connectivity index is 1.97. The minimum atomic E-state index is -3.02. The van der Waals surface area contributed by atoms with E-state index in [1.807, 2.05) is 55.5 Å². The summed E-state index contributed by atoms with van der Waals surface area (Å²) in [5, 5.41) is 6.52. The molecule has 2 aromatic rings. The molecule has 27 heavy (non-hydrogen) atoms. The molecule has 0 saturated heterocycles. The molecular weight excluding hydrogens is 362 g/mol. The first kappa shape index (κ1) is 20.8. The van der Waals surface area contributed by atoms with E-state index in [0.29, 0.717) is 13.1 Å². The topological polar surface area (TPSA) is 79.8 Å². The Morgan fingerprint density at radius 3 is 2.37 bits per heavy atom. The van der Waals surface area contributed by atoms with Crippen LogP contribution in [0.3, 0.4) is 0 Å². The summed E-state index contributed by atoms with van der Waals surface area (Å²) in [5.74, 6) is 1.60. The van der Waals surface area contributed by atoms with Crippen molar-refractivity contribution < 1.29 is 13.2 Å². The van der Waals surface area contributed by atoms with Crippen LogP contribution in [0.1, 0.15) is 23.6 Å². The molecule has 2 N–H and O–H groups in total. The fraction of sp³-hybridized carbons (Fsp3) is 0.350. The summed E-state index contributed by atoms with van der Waals surface area (Å²) in [6.07, 6.45) is 1.24. The molecule has 0 radical (unpaired) electrons. The molecule has 0 aliphatic rings. The lowest BCUT2D eigenvalue weighted by Gasteiger charge is -2.12. The number of guanidine groups is 1. The van der Waals surface area contributed by atoms with Crippen LogP contribution in [0.4, 0.5) is 0 Å². The molecule has 0 heterocycles. The highest BCUT2D eigenvalue weighted by Gasteiger charge is 2.05. The van der Waals surface area contributed by atoms with Gasteiger partial charge >= 0.3 is 0 Å². The van der Waals surface area contributed by atoms with Gasteiger partial charge in [0, 0.05) is 19.3 Å². The number of nitrogens with one attached hydrogen (secondary N) is 2. The van der Waals surface area contributed by atoms with Crippen molar-refractivity contribution in [2.75, 3.05) is 19.9 Å². The maximum Gasteiger partial charge on any atom is 0.191 e. The molecule has 146 valence electrons. The van der Waals surface area contributed by atoms with Gasteiger partial charge in [0.15, 0.2) is 15.8 Å². The number of hydrogen-bond donors (Lipinski definition) is 2. The predicted octanol–water partition coefficient (Wildman–Crippen LogP) is 2.50. The SMILES string of the molecule is CCNC(=NCc1cccc(OC)c1)NCc1ccc(CS(C)(=O)=O)cc1. The van der Waals surface area contributed by atoms with Crippen LogP contribution in [0.2, 0.25) is 0 Å². The maximum absolute atomic E-state index is 11.4. The summed E-state index contributed by atoms with van der Waals surface area (Å²) in [5.41, 5.74) is 2.91. The number of methoxy groups -OCH3 is 1. The van der Waals surface area contributed by atoms with Crippen molar-refractivity contribution in [2.45, 2.75) is 25.8 Å². The van der Waals surface area contributed by atoms with E-state index >= 15 is 0 Å². The first-order chi connectivity index (χ1) is 12.9. The standard InChI is InChI=1S/C20H27N3O3S/c1-4-21-20(23-14-18-6-5-7-19(12-18)26-2)22-13-16-8-10-17(11-9-16)15-27(3,24)25/h5-12H,4,13-15H2,1-3H3,(H2,21,22,23). The third-order valence-corrected chi connectivity index (χ3v) is 4.67. The lowest BCUT2D eigenvalue weighted by atomic mass is 10.1. The number of sulfone groups is 1. The van der Waals surface area contributed by atoms with E-state index in [0.717, 1.165) is 34.9 Å². The van der Waals surface area contributed by atoms with Crippen LogP contribution in [0.15, 0.2) is 53.5 Å². The van der Waals surface area contributed by atoms with Gasteiger partial charge in [-0.1, -0.05) is 36.4 Å². The molecule has 2 aromatic carbocycles. The molecule has 0 atom stereocenters. The second-order valence-corrected chi connectivity index (χ2v) is 8.43. The number of ether oxygens (including phenoxy) is 1. The second-order valence-electron chi connectivity index (χ2n) is 6.29. The Labute approximate surface area is 161 Å². The van der Waals surface area contributed by atoms with Crippen molar-refractivity contribution in [1.29, 1.82) is 0 Å². The molecule has 0 aromatic heterocycles. The average Bonchev–Trinajstić information content (AvgIpc) is 2.64. The number of nitrogens with zero attached hydrogens (tertiary/aromatic N) is 1. The predicted molar refractivity (Wildman–Crippen MR) is 110 cm³/mol. The second kappa shape index (κ2) is 9.97. The molecule has 6 nitrogen and oxygen atoms in total. The fourth-order valence-electron chi connectivity index (χ4n) is 2.52. The summed E-state index contributed by atoms with van der Waals surface area (Å²) in [6, 6.07) is 15.4. The Bertz CT molecular complexity index is 862. The van der Waals surface area contributed by atoms with E-state index in [1.165, 1.54) is 6.26 Å². The van der Waals surface area contributed by atoms with Crippen LogP contribution in [0.25, 0.3) is 0 Å². The van der Waals surface area contributed by atoms with E-state index in [2.05, 4.69) is 15.6 Å². The normalized spacial score (nSPS) is 11.9. The monoisotopic (exact) mass is 389 g/mol. The van der Waals surface area contributed by atoms with Crippen LogP contribution in [-0.4, -0.2) is 34.3 Å². The summed E-state index contributed by atoms with van der Waals surface area (Å²) in [4.78, 5) is 4.60. The van der Waals surface area contributed by atoms with Crippen LogP contribution in [0, 0.1) is 0 Å². The minimum absolute atomic E-state index is 0.0609. The van der Waals surface area contributed by atoms with E-state index in [9.17, 15) is 8.42 Å². The van der Waals surface area contributed by atoms with Gasteiger partial charge in [-0.3, -0.25) is 0 Å². The zero-order chi connectivity index (χ0) is 19.7. The van der Waals surface area contributed by atoms with Gasteiger partial charge < -0.3 is 15.4 Å². The van der Waals surface area contributed by atoms with E-state index in [4.69, 9.17) is 4.74 Å². The first-order valence-corrected chi connectivity index (χ1v) is 10.9. The third kappa shape index (κ3) is 7.70. The Morgan fingerprint density at radius 2 is 1.74 bits per heavy atom. The smallest absolute Gasteiger partial charge is 0.191 e. The molecule has 0 unspecified atom stereocenters. The summed E-state index contributed by atoms with van der Waals surface area (Å²) in [7, 11) is -1.37. The van der Waals surface area contributed by atoms with Crippen molar-refractivity contribution in [3.8, 4) is 5.75 Å². The van der Waals surface area contributed by atoms with Gasteiger partial charge in [0.05, 0.1) is 19.4 Å². The lowest BCUT2D eigenvalue weighted by molar-refractivity contribution is 0.414. The molecular formula is C20H27N3O3S. The van der Waals surface area contributed by atoms with Crippen LogP contribution in [0.5, 0.6) is 5.75 Å². The highest BCUT2D eigenvalue weighted by atomic mass is 32.2. The first-order valence-electron chi connectivity index (χ1n) is 8.80. The number of hydrogen-bond acceptors (Lipinski definition) is 4. The quantitative estimate of drug-likeness (QED) is 0.536. The summed E-state index contributed by atoms with van der Waals surface area (Å²) < 4.78 is 28.0. The molecule has 0 aliphatic heterocycles. The molecule has 2 rings (SSSR count). The lowest BCUT2D eigenvalue weighted by Crippen LogP contribution is -2.36. The average molecular weight is 390 g/mol. The molecule has 0 saturated carbocycles. The van der Waals surface area contributed by atoms with Crippen LogP contribution in [-0.2, 0) is 28.7 Å². The number of rotatable bonds is 8. The Morgan fingerprint density at radius 1 is 1.04 bits per heavy atom. The van der Waals surface area contributed by atoms with Crippen LogP contribution < -0.4 is 15.4 Å².